The summed E-state index contributed by atoms with van der Waals surface area (Å²) in [4.78, 5) is 4.03. The van der Waals surface area contributed by atoms with Crippen molar-refractivity contribution in [1.82, 2.24) is 4.98 Å². The van der Waals surface area contributed by atoms with E-state index in [1.165, 1.54) is 6.07 Å². The first-order valence-corrected chi connectivity index (χ1v) is 5.78. The molecule has 0 bridgehead atoms. The third-order valence-corrected chi connectivity index (χ3v) is 2.83. The standard InChI is InChI=1S/C12H8BrFN4/c13-8-5-7(1-2-9(8)14)17-12-4-3-10(16)11(6-15)18-12/h1-5H,16H2,(H,17,18). The van der Waals surface area contributed by atoms with Gasteiger partial charge in [0.1, 0.15) is 17.7 Å². The molecule has 3 N–H and O–H groups in total. The summed E-state index contributed by atoms with van der Waals surface area (Å²) in [7, 11) is 0. The van der Waals surface area contributed by atoms with Gasteiger partial charge >= 0.3 is 0 Å². The minimum absolute atomic E-state index is 0.154. The van der Waals surface area contributed by atoms with E-state index in [4.69, 9.17) is 11.0 Å². The van der Waals surface area contributed by atoms with Crippen LogP contribution in [0.1, 0.15) is 5.69 Å². The van der Waals surface area contributed by atoms with Gasteiger partial charge in [0, 0.05) is 5.69 Å². The first kappa shape index (κ1) is 12.3. The number of nitrogens with zero attached hydrogens (tertiary/aromatic N) is 2. The summed E-state index contributed by atoms with van der Waals surface area (Å²) in [5, 5.41) is 11.8. The van der Waals surface area contributed by atoms with Gasteiger partial charge in [-0.15, -0.1) is 0 Å². The lowest BCUT2D eigenvalue weighted by atomic mass is 10.3. The molecule has 0 aliphatic heterocycles. The molecule has 0 amide bonds. The maximum atomic E-state index is 13.1. The number of nitriles is 1. The number of pyridine rings is 1. The van der Waals surface area contributed by atoms with Gasteiger partial charge in [-0.05, 0) is 46.3 Å². The van der Waals surface area contributed by atoms with Crippen LogP contribution >= 0.6 is 15.9 Å². The van der Waals surface area contributed by atoms with Gasteiger partial charge in [-0.1, -0.05) is 0 Å². The summed E-state index contributed by atoms with van der Waals surface area (Å²) >= 11 is 3.09. The van der Waals surface area contributed by atoms with E-state index in [2.05, 4.69) is 26.2 Å². The fraction of sp³-hybridized carbons (Fsp3) is 0. The molecule has 18 heavy (non-hydrogen) atoms. The molecule has 0 aliphatic carbocycles. The maximum Gasteiger partial charge on any atom is 0.165 e. The van der Waals surface area contributed by atoms with Crippen LogP contribution in [0.25, 0.3) is 0 Å². The first-order chi connectivity index (χ1) is 8.60. The zero-order valence-electron chi connectivity index (χ0n) is 9.11. The number of nitrogens with one attached hydrogen (secondary N) is 1. The Morgan fingerprint density at radius 1 is 1.33 bits per heavy atom. The van der Waals surface area contributed by atoms with E-state index in [0.717, 1.165) is 0 Å². The highest BCUT2D eigenvalue weighted by atomic mass is 79.9. The molecule has 2 rings (SSSR count). The van der Waals surface area contributed by atoms with E-state index in [1.807, 2.05) is 6.07 Å². The number of anilines is 3. The number of halogens is 2. The first-order valence-electron chi connectivity index (χ1n) is 4.99. The third-order valence-electron chi connectivity index (χ3n) is 2.22. The molecule has 0 unspecified atom stereocenters. The molecule has 0 aliphatic rings. The van der Waals surface area contributed by atoms with Gasteiger partial charge in [0.2, 0.25) is 0 Å². The van der Waals surface area contributed by atoms with Crippen LogP contribution in [0.3, 0.4) is 0 Å². The molecule has 4 nitrogen and oxygen atoms in total. The van der Waals surface area contributed by atoms with Crippen molar-refractivity contribution in [3.63, 3.8) is 0 Å². The molecule has 0 radical (unpaired) electrons. The van der Waals surface area contributed by atoms with Crippen LogP contribution < -0.4 is 11.1 Å². The average Bonchev–Trinajstić information content (AvgIpc) is 2.36. The molecule has 1 aromatic heterocycles. The minimum atomic E-state index is -0.344. The topological polar surface area (TPSA) is 74.7 Å². The summed E-state index contributed by atoms with van der Waals surface area (Å²) in [6, 6.07) is 9.62. The molecule has 0 spiro atoms. The van der Waals surface area contributed by atoms with Crippen molar-refractivity contribution in [1.29, 1.82) is 5.26 Å². The minimum Gasteiger partial charge on any atom is -0.396 e. The Morgan fingerprint density at radius 2 is 2.11 bits per heavy atom. The highest BCUT2D eigenvalue weighted by molar-refractivity contribution is 9.10. The molecular weight excluding hydrogens is 299 g/mol. The Kier molecular flexibility index (Phi) is 3.44. The quantitative estimate of drug-likeness (QED) is 0.893. The Hall–Kier alpha value is -2.13. The van der Waals surface area contributed by atoms with Gasteiger partial charge in [0.15, 0.2) is 5.69 Å². The summed E-state index contributed by atoms with van der Waals surface area (Å²) in [6.45, 7) is 0. The molecule has 0 fully saturated rings. The SMILES string of the molecule is N#Cc1nc(Nc2ccc(F)c(Br)c2)ccc1N. The molecule has 0 saturated carbocycles. The molecule has 6 heteroatoms. The predicted molar refractivity (Wildman–Crippen MR) is 70.7 cm³/mol. The van der Waals surface area contributed by atoms with Crippen molar-refractivity contribution in [2.45, 2.75) is 0 Å². The van der Waals surface area contributed by atoms with Gasteiger partial charge in [-0.2, -0.15) is 5.26 Å². The molecule has 1 heterocycles. The number of rotatable bonds is 2. The van der Waals surface area contributed by atoms with Crippen LogP contribution in [0.15, 0.2) is 34.8 Å². The lowest BCUT2D eigenvalue weighted by Crippen LogP contribution is -1.99. The fourth-order valence-electron chi connectivity index (χ4n) is 1.35. The van der Waals surface area contributed by atoms with Crippen molar-refractivity contribution in [3.05, 3.63) is 46.3 Å². The monoisotopic (exact) mass is 306 g/mol. The van der Waals surface area contributed by atoms with Gasteiger partial charge < -0.3 is 11.1 Å². The van der Waals surface area contributed by atoms with Gasteiger partial charge in [0.05, 0.1) is 10.2 Å². The van der Waals surface area contributed by atoms with Crippen LogP contribution in [-0.4, -0.2) is 4.98 Å². The Bertz CT molecular complexity index is 636. The zero-order valence-corrected chi connectivity index (χ0v) is 10.7. The molecule has 90 valence electrons. The van der Waals surface area contributed by atoms with Gasteiger partial charge in [-0.3, -0.25) is 0 Å². The van der Waals surface area contributed by atoms with Gasteiger partial charge in [0.25, 0.3) is 0 Å². The molecule has 1 aromatic carbocycles. The second kappa shape index (κ2) is 5.02. The Balaban J connectivity index is 2.29. The fourth-order valence-corrected chi connectivity index (χ4v) is 1.73. The Morgan fingerprint density at radius 3 is 2.78 bits per heavy atom. The van der Waals surface area contributed by atoms with Crippen molar-refractivity contribution >= 4 is 33.1 Å². The normalized spacial score (nSPS) is 9.83. The lowest BCUT2D eigenvalue weighted by molar-refractivity contribution is 0.621. The summed E-state index contributed by atoms with van der Waals surface area (Å²) < 4.78 is 13.4. The van der Waals surface area contributed by atoms with Crippen molar-refractivity contribution in [2.24, 2.45) is 0 Å². The maximum absolute atomic E-state index is 13.1. The highest BCUT2D eigenvalue weighted by Gasteiger charge is 2.04. The van der Waals surface area contributed by atoms with Crippen LogP contribution in [0.5, 0.6) is 0 Å². The lowest BCUT2D eigenvalue weighted by Gasteiger charge is -2.07. The largest absolute Gasteiger partial charge is 0.396 e. The third kappa shape index (κ3) is 2.57. The predicted octanol–water partition coefficient (Wildman–Crippen LogP) is 3.18. The molecule has 2 aromatic rings. The molecule has 0 atom stereocenters. The smallest absolute Gasteiger partial charge is 0.165 e. The number of nitrogen functional groups attached to an aromatic ring is 1. The van der Waals surface area contributed by atoms with Crippen LogP contribution in [-0.2, 0) is 0 Å². The van der Waals surface area contributed by atoms with Crippen LogP contribution in [0.2, 0.25) is 0 Å². The number of nitrogens with two attached hydrogens (primary N) is 1. The van der Waals surface area contributed by atoms with Crippen LogP contribution in [0, 0.1) is 17.1 Å². The van der Waals surface area contributed by atoms with Crippen LogP contribution in [0.4, 0.5) is 21.6 Å². The number of hydrogen-bond acceptors (Lipinski definition) is 4. The average molecular weight is 307 g/mol. The number of aromatic nitrogens is 1. The Labute approximate surface area is 111 Å². The van der Waals surface area contributed by atoms with E-state index in [9.17, 15) is 4.39 Å². The van der Waals surface area contributed by atoms with Gasteiger partial charge in [-0.25, -0.2) is 9.37 Å². The molecule has 0 saturated heterocycles. The summed E-state index contributed by atoms with van der Waals surface area (Å²) in [5.41, 5.74) is 6.70. The van der Waals surface area contributed by atoms with E-state index < -0.39 is 0 Å². The van der Waals surface area contributed by atoms with Crippen molar-refractivity contribution < 1.29 is 4.39 Å². The number of hydrogen-bond donors (Lipinski definition) is 2. The van der Waals surface area contributed by atoms with E-state index in [-0.39, 0.29) is 11.5 Å². The van der Waals surface area contributed by atoms with E-state index in [1.54, 1.807) is 24.3 Å². The summed E-state index contributed by atoms with van der Waals surface area (Å²) in [5.74, 6) is 0.128. The van der Waals surface area contributed by atoms with Crippen molar-refractivity contribution in [3.8, 4) is 6.07 Å². The zero-order chi connectivity index (χ0) is 13.1. The van der Waals surface area contributed by atoms with E-state index in [0.29, 0.717) is 21.7 Å². The van der Waals surface area contributed by atoms with Crippen molar-refractivity contribution in [2.75, 3.05) is 11.1 Å². The molecular formula is C12H8BrFN4. The second-order valence-electron chi connectivity index (χ2n) is 3.50. The van der Waals surface area contributed by atoms with E-state index >= 15 is 0 Å². The summed E-state index contributed by atoms with van der Waals surface area (Å²) in [6.07, 6.45) is 0. The second-order valence-corrected chi connectivity index (χ2v) is 4.35. The highest BCUT2D eigenvalue weighted by Crippen LogP contribution is 2.23. The number of benzene rings is 1.